The van der Waals surface area contributed by atoms with Crippen LogP contribution in [-0.2, 0) is 0 Å². The third kappa shape index (κ3) is 3.75. The lowest BCUT2D eigenvalue weighted by molar-refractivity contribution is 0.0898. The first-order valence-electron chi connectivity index (χ1n) is 7.20. The molecule has 1 rings (SSSR count). The van der Waals surface area contributed by atoms with Gasteiger partial charge in [-0.05, 0) is 42.9 Å². The van der Waals surface area contributed by atoms with E-state index >= 15 is 0 Å². The molecular weight excluding hydrogens is 199 g/mol. The predicted molar refractivity (Wildman–Crippen MR) is 69.3 cm³/mol. The van der Waals surface area contributed by atoms with Gasteiger partial charge in [0.1, 0.15) is 6.17 Å². The summed E-state index contributed by atoms with van der Waals surface area (Å²) in [5.74, 6) is 2.93. The smallest absolute Gasteiger partial charge is 0.100 e. The zero-order valence-electron chi connectivity index (χ0n) is 11.5. The zero-order valence-corrected chi connectivity index (χ0v) is 11.5. The fraction of sp³-hybridized carbons (Fsp3) is 1.00. The van der Waals surface area contributed by atoms with Crippen molar-refractivity contribution in [1.29, 1.82) is 0 Å². The molecule has 0 aromatic heterocycles. The molecule has 0 radical (unpaired) electrons. The van der Waals surface area contributed by atoms with Crippen LogP contribution in [-0.4, -0.2) is 6.17 Å². The lowest BCUT2D eigenvalue weighted by atomic mass is 9.69. The molecule has 0 N–H and O–H groups in total. The predicted octanol–water partition coefficient (Wildman–Crippen LogP) is 5.22. The molecule has 5 unspecified atom stereocenters. The molecule has 16 heavy (non-hydrogen) atoms. The van der Waals surface area contributed by atoms with Crippen LogP contribution in [0.3, 0.4) is 0 Å². The quantitative estimate of drug-likeness (QED) is 0.605. The van der Waals surface area contributed by atoms with E-state index in [4.69, 9.17) is 0 Å². The van der Waals surface area contributed by atoms with Gasteiger partial charge < -0.3 is 0 Å². The summed E-state index contributed by atoms with van der Waals surface area (Å²) < 4.78 is 13.3. The van der Waals surface area contributed by atoms with Crippen LogP contribution in [0.25, 0.3) is 0 Å². The molecule has 1 heteroatoms. The lowest BCUT2D eigenvalue weighted by Crippen LogP contribution is -2.31. The molecular formula is C15H29F. The van der Waals surface area contributed by atoms with Crippen molar-refractivity contribution in [2.45, 2.75) is 72.4 Å². The Kier molecular flexibility index (Phi) is 5.78. The van der Waals surface area contributed by atoms with Gasteiger partial charge >= 0.3 is 0 Å². The van der Waals surface area contributed by atoms with Crippen LogP contribution in [0.4, 0.5) is 4.39 Å². The largest absolute Gasteiger partial charge is 0.247 e. The Labute approximate surface area is 101 Å². The average molecular weight is 228 g/mol. The van der Waals surface area contributed by atoms with E-state index < -0.39 is 6.17 Å². The second-order valence-corrected chi connectivity index (χ2v) is 6.03. The van der Waals surface area contributed by atoms with Crippen molar-refractivity contribution in [2.75, 3.05) is 0 Å². The second-order valence-electron chi connectivity index (χ2n) is 6.03. The van der Waals surface area contributed by atoms with E-state index in [0.717, 1.165) is 37.0 Å². The van der Waals surface area contributed by atoms with Crippen LogP contribution in [0.15, 0.2) is 0 Å². The molecule has 0 heterocycles. The highest BCUT2D eigenvalue weighted by molar-refractivity contribution is 4.82. The normalized spacial score (nSPS) is 34.7. The fourth-order valence-corrected chi connectivity index (χ4v) is 3.35. The number of rotatable bonds is 5. The molecule has 0 aromatic carbocycles. The van der Waals surface area contributed by atoms with Crippen molar-refractivity contribution < 1.29 is 4.39 Å². The van der Waals surface area contributed by atoms with Crippen LogP contribution >= 0.6 is 0 Å². The summed E-state index contributed by atoms with van der Waals surface area (Å²) in [6.07, 6.45) is 6.18. The van der Waals surface area contributed by atoms with Crippen molar-refractivity contribution in [1.82, 2.24) is 0 Å². The highest BCUT2D eigenvalue weighted by Crippen LogP contribution is 2.39. The lowest BCUT2D eigenvalue weighted by Gasteiger charge is -2.37. The van der Waals surface area contributed by atoms with Crippen LogP contribution in [0.2, 0.25) is 0 Å². The van der Waals surface area contributed by atoms with E-state index in [9.17, 15) is 4.39 Å². The molecule has 1 fully saturated rings. The molecule has 1 saturated carbocycles. The summed E-state index contributed by atoms with van der Waals surface area (Å²) in [5.41, 5.74) is 0. The average Bonchev–Trinajstić information content (AvgIpc) is 2.25. The molecule has 0 bridgehead atoms. The van der Waals surface area contributed by atoms with E-state index in [1.165, 1.54) is 19.3 Å². The van der Waals surface area contributed by atoms with Gasteiger partial charge in [0.05, 0.1) is 0 Å². The standard InChI is InChI=1S/C15H29F/c1-5-6-7-11(2)13(4)15-9-8-14(16)10-12(15)3/h11-15H,5-10H2,1-4H3. The Morgan fingerprint density at radius 1 is 1.25 bits per heavy atom. The van der Waals surface area contributed by atoms with Gasteiger partial charge in [-0.15, -0.1) is 0 Å². The molecule has 0 aliphatic heterocycles. The van der Waals surface area contributed by atoms with Crippen LogP contribution < -0.4 is 0 Å². The Morgan fingerprint density at radius 2 is 1.94 bits per heavy atom. The molecule has 96 valence electrons. The SMILES string of the molecule is CCCCC(C)C(C)C1CCC(F)CC1C. The maximum Gasteiger partial charge on any atom is 0.100 e. The van der Waals surface area contributed by atoms with Gasteiger partial charge in [-0.3, -0.25) is 0 Å². The van der Waals surface area contributed by atoms with Crippen LogP contribution in [0.5, 0.6) is 0 Å². The molecule has 1 aliphatic rings. The van der Waals surface area contributed by atoms with E-state index in [1.54, 1.807) is 0 Å². The number of hydrogen-bond donors (Lipinski definition) is 0. The molecule has 0 nitrogen and oxygen atoms in total. The number of halogens is 1. The monoisotopic (exact) mass is 228 g/mol. The molecule has 1 aliphatic carbocycles. The zero-order chi connectivity index (χ0) is 12.1. The van der Waals surface area contributed by atoms with Crippen molar-refractivity contribution >= 4 is 0 Å². The van der Waals surface area contributed by atoms with Gasteiger partial charge in [0.25, 0.3) is 0 Å². The Balaban J connectivity index is 2.42. The van der Waals surface area contributed by atoms with Gasteiger partial charge in [0.15, 0.2) is 0 Å². The van der Waals surface area contributed by atoms with E-state index in [-0.39, 0.29) is 0 Å². The third-order valence-electron chi connectivity index (χ3n) is 4.76. The van der Waals surface area contributed by atoms with Gasteiger partial charge in [-0.2, -0.15) is 0 Å². The minimum Gasteiger partial charge on any atom is -0.247 e. The third-order valence-corrected chi connectivity index (χ3v) is 4.76. The van der Waals surface area contributed by atoms with Crippen LogP contribution in [0, 0.1) is 23.7 Å². The minimum absolute atomic E-state index is 0.524. The molecule has 0 amide bonds. The Hall–Kier alpha value is -0.0700. The Morgan fingerprint density at radius 3 is 2.50 bits per heavy atom. The van der Waals surface area contributed by atoms with Crippen molar-refractivity contribution in [2.24, 2.45) is 23.7 Å². The highest BCUT2D eigenvalue weighted by atomic mass is 19.1. The van der Waals surface area contributed by atoms with E-state index in [1.807, 2.05) is 0 Å². The van der Waals surface area contributed by atoms with Crippen LogP contribution in [0.1, 0.15) is 66.2 Å². The number of unbranched alkanes of at least 4 members (excludes halogenated alkanes) is 1. The highest BCUT2D eigenvalue weighted by Gasteiger charge is 2.32. The first kappa shape index (κ1) is 14.0. The summed E-state index contributed by atoms with van der Waals surface area (Å²) in [7, 11) is 0. The Bertz CT molecular complexity index is 190. The van der Waals surface area contributed by atoms with Gasteiger partial charge in [-0.25, -0.2) is 4.39 Å². The maximum absolute atomic E-state index is 13.3. The van der Waals surface area contributed by atoms with E-state index in [0.29, 0.717) is 5.92 Å². The first-order chi connectivity index (χ1) is 7.56. The summed E-state index contributed by atoms with van der Waals surface area (Å²) in [6, 6.07) is 0. The molecule has 0 spiro atoms. The summed E-state index contributed by atoms with van der Waals surface area (Å²) in [4.78, 5) is 0. The summed E-state index contributed by atoms with van der Waals surface area (Å²) >= 11 is 0. The summed E-state index contributed by atoms with van der Waals surface area (Å²) in [5, 5.41) is 0. The van der Waals surface area contributed by atoms with E-state index in [2.05, 4.69) is 27.7 Å². The van der Waals surface area contributed by atoms with Crippen molar-refractivity contribution in [3.05, 3.63) is 0 Å². The van der Waals surface area contributed by atoms with Gasteiger partial charge in [-0.1, -0.05) is 47.0 Å². The van der Waals surface area contributed by atoms with Gasteiger partial charge in [0.2, 0.25) is 0 Å². The first-order valence-corrected chi connectivity index (χ1v) is 7.20. The maximum atomic E-state index is 13.3. The molecule has 0 aromatic rings. The van der Waals surface area contributed by atoms with Gasteiger partial charge in [0, 0.05) is 0 Å². The van der Waals surface area contributed by atoms with Crippen molar-refractivity contribution in [3.8, 4) is 0 Å². The number of alkyl halides is 1. The van der Waals surface area contributed by atoms with Crippen molar-refractivity contribution in [3.63, 3.8) is 0 Å². The fourth-order valence-electron chi connectivity index (χ4n) is 3.35. The molecule has 0 saturated heterocycles. The minimum atomic E-state index is -0.524. The topological polar surface area (TPSA) is 0 Å². The second kappa shape index (κ2) is 6.61. The molecule has 5 atom stereocenters. The summed E-state index contributed by atoms with van der Waals surface area (Å²) in [6.45, 7) is 9.28. The number of hydrogen-bond acceptors (Lipinski definition) is 0.